The molecule has 1 aromatic carbocycles. The summed E-state index contributed by atoms with van der Waals surface area (Å²) in [6.45, 7) is 5.82. The third kappa shape index (κ3) is 13.3. The van der Waals surface area contributed by atoms with Crippen molar-refractivity contribution in [2.24, 2.45) is 11.7 Å². The maximum Gasteiger partial charge on any atom is 0.415 e. The lowest BCUT2D eigenvalue weighted by Gasteiger charge is -2.26. The van der Waals surface area contributed by atoms with Crippen molar-refractivity contribution in [2.45, 2.75) is 51.5 Å². The minimum absolute atomic E-state index is 0.0848. The fourth-order valence-electron chi connectivity index (χ4n) is 4.40. The summed E-state index contributed by atoms with van der Waals surface area (Å²) >= 11 is 0. The second kappa shape index (κ2) is 17.7. The number of rotatable bonds is 17. The Morgan fingerprint density at radius 1 is 1.12 bits per heavy atom. The summed E-state index contributed by atoms with van der Waals surface area (Å²) < 4.78 is 5.57. The molecule has 0 aliphatic heterocycles. The Balaban J connectivity index is 2.68. The van der Waals surface area contributed by atoms with Crippen LogP contribution >= 0.6 is 0 Å². The molecule has 1 rings (SSSR count). The summed E-state index contributed by atoms with van der Waals surface area (Å²) in [5.74, 6) is -1.67. The van der Waals surface area contributed by atoms with Crippen molar-refractivity contribution in [3.05, 3.63) is 29.8 Å². The van der Waals surface area contributed by atoms with Gasteiger partial charge >= 0.3 is 12.1 Å². The van der Waals surface area contributed by atoms with E-state index in [1.54, 1.807) is 13.1 Å². The molecule has 3 unspecified atom stereocenters. The number of aliphatic carboxylic acids is 1. The van der Waals surface area contributed by atoms with Crippen molar-refractivity contribution < 1.29 is 29.0 Å². The topological polar surface area (TPSA) is 190 Å². The number of hydrogen-bond donors (Lipinski definition) is 6. The van der Waals surface area contributed by atoms with Crippen LogP contribution in [0.3, 0.4) is 0 Å². The number of benzene rings is 1. The number of likely N-dealkylation sites (N-methyl/N-ethyl adjacent to an activating group) is 1. The monoisotopic (exact) mass is 563 g/mol. The fourth-order valence-corrected chi connectivity index (χ4v) is 4.40. The summed E-state index contributed by atoms with van der Waals surface area (Å²) in [5.41, 5.74) is 6.34. The van der Waals surface area contributed by atoms with Crippen LogP contribution < -0.4 is 26.4 Å². The molecule has 0 aromatic heterocycles. The van der Waals surface area contributed by atoms with Gasteiger partial charge < -0.3 is 41.3 Å². The van der Waals surface area contributed by atoms with Crippen molar-refractivity contribution in [1.82, 2.24) is 25.8 Å². The third-order valence-corrected chi connectivity index (χ3v) is 6.28. The highest BCUT2D eigenvalue weighted by Gasteiger charge is 2.22. The van der Waals surface area contributed by atoms with Crippen molar-refractivity contribution in [1.29, 1.82) is 5.41 Å². The predicted molar refractivity (Wildman–Crippen MR) is 152 cm³/mol. The maximum absolute atomic E-state index is 12.7. The number of guanidine groups is 1. The van der Waals surface area contributed by atoms with Gasteiger partial charge in [-0.05, 0) is 62.9 Å². The molecule has 0 radical (unpaired) electrons. The lowest BCUT2D eigenvalue weighted by molar-refractivity contribution is -0.141. The first kappa shape index (κ1) is 34.2. The van der Waals surface area contributed by atoms with Gasteiger partial charge in [0.1, 0.15) is 18.2 Å². The van der Waals surface area contributed by atoms with Gasteiger partial charge in [-0.15, -0.1) is 0 Å². The molecule has 13 nitrogen and oxygen atoms in total. The number of ether oxygens (including phenoxy) is 1. The van der Waals surface area contributed by atoms with Gasteiger partial charge in [0, 0.05) is 33.2 Å². The SMILES string of the molecule is CCC(c1cccc(OC(=O)N(C)CCNC(=O)C(CCCNC(=N)N)NC(=O)CC(=O)O)c1)C(C)CN(C)C. The predicted octanol–water partition coefficient (Wildman–Crippen LogP) is 1.15. The molecule has 0 bridgehead atoms. The molecule has 0 aliphatic carbocycles. The number of nitrogens with one attached hydrogen (secondary N) is 4. The van der Waals surface area contributed by atoms with E-state index in [0.29, 0.717) is 30.6 Å². The summed E-state index contributed by atoms with van der Waals surface area (Å²) in [6.07, 6.45) is 0.193. The molecule has 13 heteroatoms. The highest BCUT2D eigenvalue weighted by atomic mass is 16.6. The van der Waals surface area contributed by atoms with E-state index in [1.165, 1.54) is 4.90 Å². The van der Waals surface area contributed by atoms with E-state index < -0.39 is 36.3 Å². The second-order valence-corrected chi connectivity index (χ2v) is 10.1. The molecule has 0 saturated carbocycles. The number of carbonyl (C=O) groups is 4. The van der Waals surface area contributed by atoms with Crippen LogP contribution in [0.2, 0.25) is 0 Å². The number of nitrogens with two attached hydrogens (primary N) is 1. The first-order chi connectivity index (χ1) is 18.8. The zero-order valence-electron chi connectivity index (χ0n) is 24.2. The summed E-state index contributed by atoms with van der Waals surface area (Å²) in [7, 11) is 5.64. The molecule has 1 aromatic rings. The second-order valence-electron chi connectivity index (χ2n) is 10.1. The molecule has 0 heterocycles. The molecule has 224 valence electrons. The minimum atomic E-state index is -1.31. The van der Waals surface area contributed by atoms with Crippen LogP contribution in [-0.4, -0.2) is 98.1 Å². The quantitative estimate of drug-likeness (QED) is 0.0698. The Bertz CT molecular complexity index is 1000. The molecule has 0 saturated heterocycles. The molecule has 7 N–H and O–H groups in total. The van der Waals surface area contributed by atoms with Gasteiger partial charge in [-0.1, -0.05) is 26.0 Å². The molecule has 0 spiro atoms. The number of carboxylic acids is 1. The molecule has 0 aliphatic rings. The molecule has 3 amide bonds. The van der Waals surface area contributed by atoms with Crippen LogP contribution in [0, 0.1) is 11.3 Å². The van der Waals surface area contributed by atoms with Gasteiger partial charge in [-0.25, -0.2) is 4.79 Å². The first-order valence-corrected chi connectivity index (χ1v) is 13.4. The highest BCUT2D eigenvalue weighted by molar-refractivity contribution is 5.96. The van der Waals surface area contributed by atoms with Crippen LogP contribution in [0.15, 0.2) is 24.3 Å². The van der Waals surface area contributed by atoms with Gasteiger partial charge in [-0.3, -0.25) is 19.8 Å². The molecular weight excluding hydrogens is 518 g/mol. The van der Waals surface area contributed by atoms with Crippen LogP contribution in [0.1, 0.15) is 51.0 Å². The average molecular weight is 564 g/mol. The molecule has 0 fully saturated rings. The van der Waals surface area contributed by atoms with E-state index in [2.05, 4.69) is 34.7 Å². The molecule has 40 heavy (non-hydrogen) atoms. The van der Waals surface area contributed by atoms with Gasteiger partial charge in [0.25, 0.3) is 0 Å². The normalized spacial score (nSPS) is 13.1. The number of hydrogen-bond acceptors (Lipinski definition) is 7. The van der Waals surface area contributed by atoms with Crippen molar-refractivity contribution in [3.63, 3.8) is 0 Å². The van der Waals surface area contributed by atoms with Gasteiger partial charge in [-0.2, -0.15) is 0 Å². The Kier molecular flexibility index (Phi) is 15.1. The zero-order valence-corrected chi connectivity index (χ0v) is 24.2. The van der Waals surface area contributed by atoms with Crippen LogP contribution in [0.5, 0.6) is 5.75 Å². The van der Waals surface area contributed by atoms with Gasteiger partial charge in [0.15, 0.2) is 5.96 Å². The van der Waals surface area contributed by atoms with E-state index in [9.17, 15) is 19.2 Å². The van der Waals surface area contributed by atoms with Gasteiger partial charge in [0.2, 0.25) is 11.8 Å². The molecular formula is C27H45N7O6. The smallest absolute Gasteiger partial charge is 0.415 e. The van der Waals surface area contributed by atoms with Crippen LogP contribution in [0.25, 0.3) is 0 Å². The Morgan fingerprint density at radius 3 is 2.42 bits per heavy atom. The highest BCUT2D eigenvalue weighted by Crippen LogP contribution is 2.30. The van der Waals surface area contributed by atoms with Crippen LogP contribution in [0.4, 0.5) is 4.79 Å². The number of carboxylic acid groups (broad SMARTS) is 1. The summed E-state index contributed by atoms with van der Waals surface area (Å²) in [5, 5.41) is 23.7. The van der Waals surface area contributed by atoms with Crippen LogP contribution in [-0.2, 0) is 14.4 Å². The number of amides is 3. The lowest BCUT2D eigenvalue weighted by Crippen LogP contribution is -2.49. The minimum Gasteiger partial charge on any atom is -0.481 e. The van der Waals surface area contributed by atoms with E-state index >= 15 is 0 Å². The van der Waals surface area contributed by atoms with Crippen molar-refractivity contribution in [2.75, 3.05) is 47.3 Å². The zero-order chi connectivity index (χ0) is 30.2. The third-order valence-electron chi connectivity index (χ3n) is 6.28. The average Bonchev–Trinajstić information content (AvgIpc) is 2.85. The van der Waals surface area contributed by atoms with Crippen molar-refractivity contribution in [3.8, 4) is 5.75 Å². The van der Waals surface area contributed by atoms with E-state index in [-0.39, 0.29) is 25.5 Å². The van der Waals surface area contributed by atoms with Crippen molar-refractivity contribution >= 4 is 29.8 Å². The van der Waals surface area contributed by atoms with E-state index in [4.69, 9.17) is 21.0 Å². The van der Waals surface area contributed by atoms with E-state index in [1.807, 2.05) is 32.3 Å². The van der Waals surface area contributed by atoms with E-state index in [0.717, 1.165) is 18.5 Å². The maximum atomic E-state index is 12.7. The lowest BCUT2D eigenvalue weighted by atomic mass is 9.85. The Labute approximate surface area is 236 Å². The number of nitrogens with zero attached hydrogens (tertiary/aromatic N) is 2. The number of carbonyl (C=O) groups excluding carboxylic acids is 3. The standard InChI is InChI=1S/C27H45N7O6/c1-6-21(18(2)17-33(3)4)19-9-7-10-20(15-19)40-27(39)34(5)14-13-30-25(38)22(11-8-12-31-26(28)29)32-23(35)16-24(36)37/h7,9-10,15,18,21-22H,6,8,11-14,16-17H2,1-5H3,(H,30,38)(H,32,35)(H,36,37)(H4,28,29,31). The Hall–Kier alpha value is -3.87. The molecule has 3 atom stereocenters. The first-order valence-electron chi connectivity index (χ1n) is 13.4. The van der Waals surface area contributed by atoms with Gasteiger partial charge in [0.05, 0.1) is 0 Å². The fraction of sp³-hybridized carbons (Fsp3) is 0.593. The Morgan fingerprint density at radius 2 is 1.82 bits per heavy atom. The summed E-state index contributed by atoms with van der Waals surface area (Å²) in [6, 6.07) is 6.54. The summed E-state index contributed by atoms with van der Waals surface area (Å²) in [4.78, 5) is 51.6. The largest absolute Gasteiger partial charge is 0.481 e.